The summed E-state index contributed by atoms with van der Waals surface area (Å²) in [6.07, 6.45) is 0.405. The summed E-state index contributed by atoms with van der Waals surface area (Å²) in [6, 6.07) is 0. The van der Waals surface area contributed by atoms with Crippen molar-refractivity contribution >= 4 is 9.84 Å². The quantitative estimate of drug-likeness (QED) is 0.664. The fraction of sp³-hybridized carbons (Fsp3) is 1.00. The first-order valence-corrected chi connectivity index (χ1v) is 6.73. The monoisotopic (exact) mass is 237 g/mol. The van der Waals surface area contributed by atoms with Crippen molar-refractivity contribution in [1.82, 2.24) is 0 Å². The molecule has 1 heterocycles. The predicted molar refractivity (Wildman–Crippen MR) is 57.3 cm³/mol. The maximum atomic E-state index is 11.4. The first kappa shape index (κ1) is 12.9. The molecular weight excluding hydrogens is 218 g/mol. The Morgan fingerprint density at radius 1 is 1.60 bits per heavy atom. The van der Waals surface area contributed by atoms with Crippen molar-refractivity contribution in [2.24, 2.45) is 11.1 Å². The number of methoxy groups -OCH3 is 1. The lowest BCUT2D eigenvalue weighted by Gasteiger charge is -2.40. The predicted octanol–water partition coefficient (Wildman–Crippen LogP) is -0.853. The van der Waals surface area contributed by atoms with Gasteiger partial charge in [-0.3, -0.25) is 0 Å². The van der Waals surface area contributed by atoms with Crippen LogP contribution in [0.1, 0.15) is 13.3 Å². The maximum Gasteiger partial charge on any atom is 0.151 e. The van der Waals surface area contributed by atoms with Crippen molar-refractivity contribution in [3.63, 3.8) is 0 Å². The van der Waals surface area contributed by atoms with Crippen LogP contribution in [0.4, 0.5) is 0 Å². The van der Waals surface area contributed by atoms with Crippen molar-refractivity contribution < 1.29 is 18.3 Å². The van der Waals surface area contributed by atoms with Gasteiger partial charge in [-0.1, -0.05) is 0 Å². The molecule has 1 rings (SSSR count). The molecule has 1 aliphatic heterocycles. The topological polar surface area (TPSA) is 89.6 Å². The molecular formula is C9H19NO4S. The highest BCUT2D eigenvalue weighted by Gasteiger charge is 2.52. The summed E-state index contributed by atoms with van der Waals surface area (Å²) >= 11 is 0. The van der Waals surface area contributed by atoms with E-state index in [1.165, 1.54) is 7.11 Å². The Kier molecular flexibility index (Phi) is 3.45. The second-order valence-corrected chi connectivity index (χ2v) is 6.72. The van der Waals surface area contributed by atoms with Crippen molar-refractivity contribution in [3.05, 3.63) is 0 Å². The molecule has 6 heteroatoms. The van der Waals surface area contributed by atoms with Crippen LogP contribution in [0, 0.1) is 5.41 Å². The highest BCUT2D eigenvalue weighted by molar-refractivity contribution is 7.91. The number of aliphatic hydroxyl groups is 1. The Hall–Kier alpha value is -0.170. The molecule has 1 saturated heterocycles. The van der Waals surface area contributed by atoms with E-state index in [1.807, 2.05) is 0 Å². The van der Waals surface area contributed by atoms with E-state index in [2.05, 4.69) is 0 Å². The number of nitrogens with two attached hydrogens (primary N) is 1. The second-order valence-electron chi connectivity index (χ2n) is 4.53. The largest absolute Gasteiger partial charge is 0.387 e. The van der Waals surface area contributed by atoms with Crippen LogP contribution in [0.25, 0.3) is 0 Å². The van der Waals surface area contributed by atoms with E-state index in [0.717, 1.165) is 0 Å². The van der Waals surface area contributed by atoms with Crippen LogP contribution >= 0.6 is 0 Å². The first-order chi connectivity index (χ1) is 6.79. The Morgan fingerprint density at radius 2 is 2.20 bits per heavy atom. The van der Waals surface area contributed by atoms with Crippen LogP contribution < -0.4 is 5.73 Å². The second kappa shape index (κ2) is 4.01. The molecule has 0 aromatic rings. The third-order valence-electron chi connectivity index (χ3n) is 3.35. The minimum atomic E-state index is -3.06. The highest BCUT2D eigenvalue weighted by atomic mass is 32.2. The van der Waals surface area contributed by atoms with E-state index in [-0.39, 0.29) is 24.7 Å². The molecule has 0 aromatic carbocycles. The average molecular weight is 237 g/mol. The summed E-state index contributed by atoms with van der Waals surface area (Å²) < 4.78 is 27.8. The fourth-order valence-corrected chi connectivity index (χ4v) is 4.42. The lowest BCUT2D eigenvalue weighted by atomic mass is 9.72. The zero-order valence-corrected chi connectivity index (χ0v) is 10.0. The number of hydrogen-bond donors (Lipinski definition) is 2. The van der Waals surface area contributed by atoms with Gasteiger partial charge in [-0.05, 0) is 13.3 Å². The summed E-state index contributed by atoms with van der Waals surface area (Å²) in [5.74, 6) is 0.0525. The minimum absolute atomic E-state index is 0.0488. The summed E-state index contributed by atoms with van der Waals surface area (Å²) in [4.78, 5) is 0. The number of rotatable bonds is 4. The summed E-state index contributed by atoms with van der Waals surface area (Å²) in [5.41, 5.74) is 3.67. The molecule has 0 bridgehead atoms. The van der Waals surface area contributed by atoms with Gasteiger partial charge in [-0.25, -0.2) is 8.42 Å². The normalized spacial score (nSPS) is 33.9. The van der Waals surface area contributed by atoms with Crippen LogP contribution in [-0.4, -0.2) is 50.9 Å². The van der Waals surface area contributed by atoms with Crippen LogP contribution in [0.5, 0.6) is 0 Å². The molecule has 2 unspecified atom stereocenters. The molecule has 3 N–H and O–H groups in total. The smallest absolute Gasteiger partial charge is 0.151 e. The van der Waals surface area contributed by atoms with Gasteiger partial charge in [0.05, 0.1) is 23.7 Å². The first-order valence-electron chi connectivity index (χ1n) is 4.90. The Morgan fingerprint density at radius 3 is 2.53 bits per heavy atom. The lowest BCUT2D eigenvalue weighted by Crippen LogP contribution is -2.54. The molecule has 0 aromatic heterocycles. The van der Waals surface area contributed by atoms with Crippen LogP contribution in [-0.2, 0) is 14.6 Å². The van der Waals surface area contributed by atoms with E-state index < -0.39 is 20.9 Å². The molecule has 0 spiro atoms. The van der Waals surface area contributed by atoms with E-state index in [1.54, 1.807) is 6.92 Å². The molecule has 90 valence electrons. The summed E-state index contributed by atoms with van der Waals surface area (Å²) in [5, 5.41) is 10.2. The van der Waals surface area contributed by atoms with Crippen LogP contribution in [0.15, 0.2) is 0 Å². The zero-order valence-electron chi connectivity index (χ0n) is 9.19. The average Bonchev–Trinajstić information content (AvgIpc) is 2.43. The van der Waals surface area contributed by atoms with Crippen molar-refractivity contribution in [3.8, 4) is 0 Å². The molecule has 0 radical (unpaired) electrons. The van der Waals surface area contributed by atoms with Gasteiger partial charge in [0.25, 0.3) is 0 Å². The Bertz CT molecular complexity index is 325. The molecule has 5 nitrogen and oxygen atoms in total. The third-order valence-corrected chi connectivity index (χ3v) is 5.17. The van der Waals surface area contributed by atoms with Crippen LogP contribution in [0.2, 0.25) is 0 Å². The van der Waals surface area contributed by atoms with Crippen LogP contribution in [0.3, 0.4) is 0 Å². The summed E-state index contributed by atoms with van der Waals surface area (Å²) in [7, 11) is -1.59. The lowest BCUT2D eigenvalue weighted by molar-refractivity contribution is -0.0983. The molecule has 0 amide bonds. The fourth-order valence-electron chi connectivity index (χ4n) is 2.16. The van der Waals surface area contributed by atoms with Crippen molar-refractivity contribution in [2.45, 2.75) is 18.9 Å². The molecule has 1 aliphatic rings. The SMILES string of the molecule is COCC(C)(O)C1(CN)CCS(=O)(=O)C1. The molecule has 0 saturated carbocycles. The van der Waals surface area contributed by atoms with Crippen molar-refractivity contribution in [1.29, 1.82) is 0 Å². The molecule has 2 atom stereocenters. The third kappa shape index (κ3) is 2.33. The number of ether oxygens (including phenoxy) is 1. The van der Waals surface area contributed by atoms with Gasteiger partial charge < -0.3 is 15.6 Å². The van der Waals surface area contributed by atoms with Gasteiger partial charge in [-0.2, -0.15) is 0 Å². The van der Waals surface area contributed by atoms with E-state index in [0.29, 0.717) is 6.42 Å². The van der Waals surface area contributed by atoms with Crippen molar-refractivity contribution in [2.75, 3.05) is 31.8 Å². The Balaban J connectivity index is 2.97. The summed E-state index contributed by atoms with van der Waals surface area (Å²) in [6.45, 7) is 1.84. The van der Waals surface area contributed by atoms with Gasteiger partial charge >= 0.3 is 0 Å². The molecule has 1 fully saturated rings. The van der Waals surface area contributed by atoms with Gasteiger partial charge in [-0.15, -0.1) is 0 Å². The minimum Gasteiger partial charge on any atom is -0.387 e. The molecule has 0 aliphatic carbocycles. The number of hydrogen-bond acceptors (Lipinski definition) is 5. The zero-order chi connectivity index (χ0) is 11.7. The van der Waals surface area contributed by atoms with E-state index in [4.69, 9.17) is 10.5 Å². The molecule has 15 heavy (non-hydrogen) atoms. The van der Waals surface area contributed by atoms with Gasteiger partial charge in [0.15, 0.2) is 9.84 Å². The van der Waals surface area contributed by atoms with E-state index in [9.17, 15) is 13.5 Å². The number of sulfone groups is 1. The standard InChI is InChI=1S/C9H19NO4S/c1-8(11,6-14-2)9(5-10)3-4-15(12,13)7-9/h11H,3-7,10H2,1-2H3. The maximum absolute atomic E-state index is 11.4. The highest BCUT2D eigenvalue weighted by Crippen LogP contribution is 2.41. The van der Waals surface area contributed by atoms with Gasteiger partial charge in [0.1, 0.15) is 0 Å². The van der Waals surface area contributed by atoms with Gasteiger partial charge in [0, 0.05) is 19.1 Å². The Labute approximate surface area is 90.5 Å². The van der Waals surface area contributed by atoms with Gasteiger partial charge in [0.2, 0.25) is 0 Å². The van der Waals surface area contributed by atoms with E-state index >= 15 is 0 Å².